The number of benzene rings is 2. The highest BCUT2D eigenvalue weighted by molar-refractivity contribution is 7.09. The van der Waals surface area contributed by atoms with Crippen LogP contribution in [0.15, 0.2) is 53.9 Å². The van der Waals surface area contributed by atoms with E-state index < -0.39 is 0 Å². The average molecular weight is 428 g/mol. The highest BCUT2D eigenvalue weighted by Crippen LogP contribution is 2.19. The Labute approximate surface area is 179 Å². The molecule has 0 aliphatic heterocycles. The first-order valence-electron chi connectivity index (χ1n) is 9.40. The van der Waals surface area contributed by atoms with Gasteiger partial charge in [-0.05, 0) is 36.2 Å². The second-order valence-corrected chi connectivity index (χ2v) is 7.94. The van der Waals surface area contributed by atoms with Gasteiger partial charge in [-0.1, -0.05) is 42.8 Å². The van der Waals surface area contributed by atoms with Crippen molar-refractivity contribution in [3.8, 4) is 0 Å². The molecule has 0 saturated heterocycles. The second-order valence-electron chi connectivity index (χ2n) is 6.57. The number of thiazole rings is 1. The van der Waals surface area contributed by atoms with E-state index in [-0.39, 0.29) is 18.2 Å². The van der Waals surface area contributed by atoms with Gasteiger partial charge in [0, 0.05) is 23.4 Å². The monoisotopic (exact) mass is 427 g/mol. The SMILES string of the molecule is CCCNC(=O)c1ccccc1NC(=O)Cc1csc(Cc2cccc(Cl)c2)n1. The molecule has 0 fully saturated rings. The number of amides is 2. The quantitative estimate of drug-likeness (QED) is 0.547. The van der Waals surface area contributed by atoms with Gasteiger partial charge in [-0.2, -0.15) is 0 Å². The van der Waals surface area contributed by atoms with Crippen molar-refractivity contribution in [2.75, 3.05) is 11.9 Å². The minimum absolute atomic E-state index is 0.150. The summed E-state index contributed by atoms with van der Waals surface area (Å²) >= 11 is 7.54. The van der Waals surface area contributed by atoms with Gasteiger partial charge in [-0.25, -0.2) is 4.98 Å². The van der Waals surface area contributed by atoms with E-state index in [2.05, 4.69) is 15.6 Å². The lowest BCUT2D eigenvalue weighted by Gasteiger charge is -2.10. The van der Waals surface area contributed by atoms with Crippen LogP contribution >= 0.6 is 22.9 Å². The number of hydrogen-bond acceptors (Lipinski definition) is 4. The van der Waals surface area contributed by atoms with E-state index in [1.54, 1.807) is 24.3 Å². The van der Waals surface area contributed by atoms with E-state index in [4.69, 9.17) is 11.6 Å². The van der Waals surface area contributed by atoms with Crippen LogP contribution in [0.2, 0.25) is 5.02 Å². The van der Waals surface area contributed by atoms with Crippen molar-refractivity contribution in [3.05, 3.63) is 80.8 Å². The Morgan fingerprint density at radius 3 is 2.76 bits per heavy atom. The molecule has 150 valence electrons. The van der Waals surface area contributed by atoms with E-state index in [0.29, 0.717) is 34.9 Å². The summed E-state index contributed by atoms with van der Waals surface area (Å²) in [5, 5.41) is 9.17. The molecule has 2 amide bonds. The average Bonchev–Trinajstić information content (AvgIpc) is 3.13. The summed E-state index contributed by atoms with van der Waals surface area (Å²) in [7, 11) is 0. The number of para-hydroxylation sites is 1. The number of nitrogens with zero attached hydrogens (tertiary/aromatic N) is 1. The highest BCUT2D eigenvalue weighted by atomic mass is 35.5. The molecule has 2 N–H and O–H groups in total. The van der Waals surface area contributed by atoms with Crippen molar-refractivity contribution >= 4 is 40.4 Å². The van der Waals surface area contributed by atoms with Crippen molar-refractivity contribution in [1.29, 1.82) is 0 Å². The molecule has 1 aromatic heterocycles. The maximum Gasteiger partial charge on any atom is 0.253 e. The normalized spacial score (nSPS) is 10.6. The Hall–Kier alpha value is -2.70. The van der Waals surface area contributed by atoms with E-state index in [1.807, 2.05) is 36.6 Å². The summed E-state index contributed by atoms with van der Waals surface area (Å²) in [5.74, 6) is -0.402. The third kappa shape index (κ3) is 6.14. The maximum absolute atomic E-state index is 12.5. The second kappa shape index (κ2) is 10.2. The summed E-state index contributed by atoms with van der Waals surface area (Å²) in [6.45, 7) is 2.58. The zero-order valence-corrected chi connectivity index (χ0v) is 17.6. The van der Waals surface area contributed by atoms with Crippen LogP contribution < -0.4 is 10.6 Å². The number of rotatable bonds is 8. The third-order valence-electron chi connectivity index (χ3n) is 4.17. The molecule has 5 nitrogen and oxygen atoms in total. The van der Waals surface area contributed by atoms with Crippen LogP contribution in [-0.2, 0) is 17.6 Å². The molecule has 3 rings (SSSR count). The molecule has 0 saturated carbocycles. The predicted molar refractivity (Wildman–Crippen MR) is 118 cm³/mol. The van der Waals surface area contributed by atoms with Crippen LogP contribution in [0.3, 0.4) is 0 Å². The van der Waals surface area contributed by atoms with E-state index in [1.165, 1.54) is 11.3 Å². The minimum atomic E-state index is -0.208. The van der Waals surface area contributed by atoms with Crippen LogP contribution in [0.25, 0.3) is 0 Å². The highest BCUT2D eigenvalue weighted by Gasteiger charge is 2.14. The van der Waals surface area contributed by atoms with E-state index in [9.17, 15) is 9.59 Å². The fourth-order valence-electron chi connectivity index (χ4n) is 2.82. The molecule has 0 aliphatic carbocycles. The summed E-state index contributed by atoms with van der Waals surface area (Å²) < 4.78 is 0. The molecular weight excluding hydrogens is 406 g/mol. The van der Waals surface area contributed by atoms with Gasteiger partial charge in [-0.15, -0.1) is 11.3 Å². The van der Waals surface area contributed by atoms with Gasteiger partial charge in [0.1, 0.15) is 0 Å². The number of aromatic nitrogens is 1. The summed E-state index contributed by atoms with van der Waals surface area (Å²) in [5.41, 5.74) is 2.74. The van der Waals surface area contributed by atoms with Crippen LogP contribution in [-0.4, -0.2) is 23.3 Å². The number of carbonyl (C=O) groups excluding carboxylic acids is 2. The molecule has 1 heterocycles. The lowest BCUT2D eigenvalue weighted by Crippen LogP contribution is -2.26. The molecule has 0 unspecified atom stereocenters. The van der Waals surface area contributed by atoms with Gasteiger partial charge < -0.3 is 10.6 Å². The third-order valence-corrected chi connectivity index (χ3v) is 5.30. The van der Waals surface area contributed by atoms with Crippen LogP contribution in [0.4, 0.5) is 5.69 Å². The fraction of sp³-hybridized carbons (Fsp3) is 0.227. The van der Waals surface area contributed by atoms with Crippen molar-refractivity contribution < 1.29 is 9.59 Å². The molecule has 0 spiro atoms. The topological polar surface area (TPSA) is 71.1 Å². The Morgan fingerprint density at radius 2 is 1.97 bits per heavy atom. The van der Waals surface area contributed by atoms with Gasteiger partial charge >= 0.3 is 0 Å². The zero-order chi connectivity index (χ0) is 20.6. The predicted octanol–water partition coefficient (Wildman–Crippen LogP) is 4.71. The van der Waals surface area contributed by atoms with Crippen molar-refractivity contribution in [3.63, 3.8) is 0 Å². The number of hydrogen-bond donors (Lipinski definition) is 2. The molecule has 29 heavy (non-hydrogen) atoms. The Balaban J connectivity index is 1.62. The lowest BCUT2D eigenvalue weighted by molar-refractivity contribution is -0.115. The molecular formula is C22H22ClN3O2S. The van der Waals surface area contributed by atoms with Crippen LogP contribution in [0, 0.1) is 0 Å². The summed E-state index contributed by atoms with van der Waals surface area (Å²) in [4.78, 5) is 29.3. The fourth-order valence-corrected chi connectivity index (χ4v) is 3.86. The molecule has 0 radical (unpaired) electrons. The minimum Gasteiger partial charge on any atom is -0.352 e. The van der Waals surface area contributed by atoms with Gasteiger partial charge in [0.05, 0.1) is 28.4 Å². The molecule has 0 aliphatic rings. The van der Waals surface area contributed by atoms with Crippen LogP contribution in [0.1, 0.15) is 40.0 Å². The Morgan fingerprint density at radius 1 is 1.14 bits per heavy atom. The first-order chi connectivity index (χ1) is 14.0. The largest absolute Gasteiger partial charge is 0.352 e. The van der Waals surface area contributed by atoms with Gasteiger partial charge in [0.15, 0.2) is 0 Å². The Kier molecular flexibility index (Phi) is 7.38. The molecule has 0 atom stereocenters. The van der Waals surface area contributed by atoms with E-state index in [0.717, 1.165) is 17.0 Å². The van der Waals surface area contributed by atoms with Crippen molar-refractivity contribution in [2.24, 2.45) is 0 Å². The number of halogens is 1. The van der Waals surface area contributed by atoms with Gasteiger partial charge in [-0.3, -0.25) is 9.59 Å². The first kappa shape index (κ1) is 21.0. The smallest absolute Gasteiger partial charge is 0.253 e. The number of anilines is 1. The van der Waals surface area contributed by atoms with Crippen LogP contribution in [0.5, 0.6) is 0 Å². The maximum atomic E-state index is 12.5. The zero-order valence-electron chi connectivity index (χ0n) is 16.1. The van der Waals surface area contributed by atoms with Gasteiger partial charge in [0.25, 0.3) is 5.91 Å². The lowest BCUT2D eigenvalue weighted by atomic mass is 10.1. The first-order valence-corrected chi connectivity index (χ1v) is 10.7. The molecule has 0 bridgehead atoms. The van der Waals surface area contributed by atoms with Gasteiger partial charge in [0.2, 0.25) is 5.91 Å². The summed E-state index contributed by atoms with van der Waals surface area (Å²) in [6.07, 6.45) is 1.67. The van der Waals surface area contributed by atoms with Crippen molar-refractivity contribution in [1.82, 2.24) is 10.3 Å². The number of carbonyl (C=O) groups is 2. The Bertz CT molecular complexity index is 1000. The number of nitrogens with one attached hydrogen (secondary N) is 2. The van der Waals surface area contributed by atoms with Crippen molar-refractivity contribution in [2.45, 2.75) is 26.2 Å². The van der Waals surface area contributed by atoms with E-state index >= 15 is 0 Å². The molecule has 2 aromatic carbocycles. The summed E-state index contributed by atoms with van der Waals surface area (Å²) in [6, 6.07) is 14.7. The standard InChI is InChI=1S/C22H22ClN3O2S/c1-2-10-24-22(28)18-8-3-4-9-19(18)26-20(27)13-17-14-29-21(25-17)12-15-6-5-7-16(23)11-15/h3-9,11,14H,2,10,12-13H2,1H3,(H,24,28)(H,26,27). The molecule has 3 aromatic rings. The molecule has 7 heteroatoms.